The quantitative estimate of drug-likeness (QED) is 0.616. The van der Waals surface area contributed by atoms with Crippen LogP contribution in [0.2, 0.25) is 0 Å². The maximum absolute atomic E-state index is 12.9. The van der Waals surface area contributed by atoms with Gasteiger partial charge in [0.05, 0.1) is 6.10 Å². The predicted molar refractivity (Wildman–Crippen MR) is 123 cm³/mol. The molecule has 1 saturated carbocycles. The van der Waals surface area contributed by atoms with E-state index in [1.807, 2.05) is 0 Å². The highest BCUT2D eigenvalue weighted by Gasteiger charge is 2.77. The number of aromatic hydroxyl groups is 1. The van der Waals surface area contributed by atoms with Crippen molar-refractivity contribution in [1.29, 1.82) is 0 Å². The summed E-state index contributed by atoms with van der Waals surface area (Å²) in [5, 5.41) is 10.9. The summed E-state index contributed by atoms with van der Waals surface area (Å²) in [4.78, 5) is 24.9. The van der Waals surface area contributed by atoms with E-state index < -0.39 is 41.1 Å². The van der Waals surface area contributed by atoms with Gasteiger partial charge in [-0.2, -0.15) is 0 Å². The highest BCUT2D eigenvalue weighted by Crippen LogP contribution is 2.69. The molecule has 190 valence electrons. The molecular weight excluding hydrogens is 452 g/mol. The Labute approximate surface area is 205 Å². The summed E-state index contributed by atoms with van der Waals surface area (Å²) < 4.78 is 31.7. The molecule has 1 N–H and O–H groups in total. The molecule has 35 heavy (non-hydrogen) atoms. The van der Waals surface area contributed by atoms with Crippen LogP contribution < -0.4 is 4.74 Å². The smallest absolute Gasteiger partial charge is 0.342 e. The molecule has 8 heteroatoms. The Morgan fingerprint density at radius 1 is 1.23 bits per heavy atom. The van der Waals surface area contributed by atoms with Crippen LogP contribution >= 0.6 is 0 Å². The van der Waals surface area contributed by atoms with Gasteiger partial charge in [-0.1, -0.05) is 20.8 Å². The van der Waals surface area contributed by atoms with E-state index in [0.717, 1.165) is 31.2 Å². The second-order valence-electron chi connectivity index (χ2n) is 11.8. The summed E-state index contributed by atoms with van der Waals surface area (Å²) in [6.45, 7) is 11.6. The van der Waals surface area contributed by atoms with Crippen molar-refractivity contribution in [2.75, 3.05) is 0 Å². The molecule has 7 rings (SSSR count). The fourth-order valence-electron chi connectivity index (χ4n) is 7.63. The van der Waals surface area contributed by atoms with Crippen LogP contribution in [0.15, 0.2) is 6.07 Å². The molecule has 4 fully saturated rings. The SMILES string of the molecule is CC(=O)O[C@@H]1c2c3c(cc(O)c2C(=O)O[C@@H]1C)O[C@]1(C)CC[C@@H]2O[C@@]4(C(C)C)CC[C@]2(C)[C@]1(C3)O4. The van der Waals surface area contributed by atoms with Gasteiger partial charge in [-0.25, -0.2) is 4.79 Å². The summed E-state index contributed by atoms with van der Waals surface area (Å²) in [5.74, 6) is -1.42. The molecular formula is C27H34O8. The number of ether oxygens (including phenoxy) is 5. The maximum Gasteiger partial charge on any atom is 0.342 e. The highest BCUT2D eigenvalue weighted by atomic mass is 16.7. The van der Waals surface area contributed by atoms with Gasteiger partial charge in [0.25, 0.3) is 0 Å². The first kappa shape index (κ1) is 23.1. The van der Waals surface area contributed by atoms with E-state index in [4.69, 9.17) is 23.7 Å². The third kappa shape index (κ3) is 2.70. The first-order valence-corrected chi connectivity index (χ1v) is 12.7. The molecule has 0 radical (unpaired) electrons. The van der Waals surface area contributed by atoms with Crippen molar-refractivity contribution < 1.29 is 38.4 Å². The number of hydrogen-bond donors (Lipinski definition) is 1. The van der Waals surface area contributed by atoms with E-state index >= 15 is 0 Å². The summed E-state index contributed by atoms with van der Waals surface area (Å²) in [5.41, 5.74) is -0.452. The zero-order chi connectivity index (χ0) is 25.1. The monoisotopic (exact) mass is 486 g/mol. The van der Waals surface area contributed by atoms with Crippen LogP contribution in [0.1, 0.15) is 94.8 Å². The Balaban J connectivity index is 1.59. The van der Waals surface area contributed by atoms with Crippen molar-refractivity contribution in [3.05, 3.63) is 22.8 Å². The molecule has 6 aliphatic rings. The first-order chi connectivity index (χ1) is 16.4. The number of rotatable bonds is 2. The van der Waals surface area contributed by atoms with E-state index in [-0.39, 0.29) is 28.7 Å². The average Bonchev–Trinajstić information content (AvgIpc) is 2.76. The van der Waals surface area contributed by atoms with Gasteiger partial charge in [0.15, 0.2) is 11.9 Å². The lowest BCUT2D eigenvalue weighted by Gasteiger charge is -2.73. The molecule has 0 aromatic heterocycles. The van der Waals surface area contributed by atoms with Crippen molar-refractivity contribution in [1.82, 2.24) is 0 Å². The fraction of sp³-hybridized carbons (Fsp3) is 0.704. The zero-order valence-corrected chi connectivity index (χ0v) is 21.2. The second kappa shape index (κ2) is 6.91. The maximum atomic E-state index is 12.9. The molecule has 5 heterocycles. The lowest BCUT2D eigenvalue weighted by atomic mass is 9.48. The van der Waals surface area contributed by atoms with Gasteiger partial charge in [0, 0.05) is 48.3 Å². The number of carbonyl (C=O) groups excluding carboxylic acids is 2. The molecule has 4 bridgehead atoms. The number of benzene rings is 1. The van der Waals surface area contributed by atoms with Crippen LogP contribution in [0.25, 0.3) is 0 Å². The number of cyclic esters (lactones) is 1. The van der Waals surface area contributed by atoms with Gasteiger partial charge >= 0.3 is 11.9 Å². The minimum atomic E-state index is -0.853. The van der Waals surface area contributed by atoms with Crippen LogP contribution in [0.3, 0.4) is 0 Å². The minimum Gasteiger partial charge on any atom is -0.507 e. The van der Waals surface area contributed by atoms with Gasteiger partial charge in [0.2, 0.25) is 0 Å². The van der Waals surface area contributed by atoms with Crippen molar-refractivity contribution in [3.63, 3.8) is 0 Å². The largest absolute Gasteiger partial charge is 0.507 e. The molecule has 3 saturated heterocycles. The Hall–Kier alpha value is -2.32. The lowest BCUT2D eigenvalue weighted by Crippen LogP contribution is -2.82. The zero-order valence-electron chi connectivity index (χ0n) is 21.2. The van der Waals surface area contributed by atoms with E-state index in [1.54, 1.807) is 6.92 Å². The van der Waals surface area contributed by atoms with Crippen molar-refractivity contribution >= 4 is 11.9 Å². The molecule has 1 aliphatic carbocycles. The van der Waals surface area contributed by atoms with Gasteiger partial charge in [0.1, 0.15) is 34.4 Å². The molecule has 0 unspecified atom stereocenters. The number of hydrogen-bond acceptors (Lipinski definition) is 8. The molecule has 0 amide bonds. The lowest BCUT2D eigenvalue weighted by molar-refractivity contribution is -0.478. The van der Waals surface area contributed by atoms with E-state index in [0.29, 0.717) is 17.7 Å². The van der Waals surface area contributed by atoms with Gasteiger partial charge in [-0.3, -0.25) is 4.79 Å². The minimum absolute atomic E-state index is 0.0324. The highest BCUT2D eigenvalue weighted by molar-refractivity contribution is 5.96. The first-order valence-electron chi connectivity index (χ1n) is 12.7. The number of phenolic OH excluding ortho intramolecular Hbond substituents is 1. The number of esters is 2. The van der Waals surface area contributed by atoms with Gasteiger partial charge in [-0.05, 0) is 33.1 Å². The van der Waals surface area contributed by atoms with E-state index in [9.17, 15) is 14.7 Å². The van der Waals surface area contributed by atoms with Crippen LogP contribution in [-0.2, 0) is 30.2 Å². The normalized spacial score (nSPS) is 42.9. The fourth-order valence-corrected chi connectivity index (χ4v) is 7.63. The molecule has 1 aromatic rings. The molecule has 5 aliphatic heterocycles. The van der Waals surface area contributed by atoms with Crippen molar-refractivity contribution in [2.45, 2.75) is 109 Å². The Kier molecular flexibility index (Phi) is 4.56. The third-order valence-electron chi connectivity index (χ3n) is 9.61. The summed E-state index contributed by atoms with van der Waals surface area (Å²) >= 11 is 0. The summed E-state index contributed by atoms with van der Waals surface area (Å²) in [6, 6.07) is 1.50. The van der Waals surface area contributed by atoms with Crippen molar-refractivity contribution in [3.8, 4) is 11.5 Å². The topological polar surface area (TPSA) is 101 Å². The Morgan fingerprint density at radius 2 is 1.97 bits per heavy atom. The van der Waals surface area contributed by atoms with Crippen LogP contribution in [0.5, 0.6) is 11.5 Å². The van der Waals surface area contributed by atoms with Gasteiger partial charge in [-0.15, -0.1) is 0 Å². The van der Waals surface area contributed by atoms with E-state index in [2.05, 4.69) is 27.7 Å². The third-order valence-corrected chi connectivity index (χ3v) is 9.61. The van der Waals surface area contributed by atoms with Gasteiger partial charge < -0.3 is 28.8 Å². The number of phenols is 1. The van der Waals surface area contributed by atoms with E-state index in [1.165, 1.54) is 13.0 Å². The molecule has 8 nitrogen and oxygen atoms in total. The van der Waals surface area contributed by atoms with Crippen LogP contribution in [-0.4, -0.2) is 46.2 Å². The number of fused-ring (bicyclic) bond motifs is 4. The Morgan fingerprint density at radius 3 is 2.66 bits per heavy atom. The summed E-state index contributed by atoms with van der Waals surface area (Å²) in [6.07, 6.45) is 2.29. The summed E-state index contributed by atoms with van der Waals surface area (Å²) in [7, 11) is 0. The predicted octanol–water partition coefficient (Wildman–Crippen LogP) is 4.35. The molecule has 1 spiro atoms. The van der Waals surface area contributed by atoms with Crippen LogP contribution in [0.4, 0.5) is 0 Å². The van der Waals surface area contributed by atoms with Crippen molar-refractivity contribution in [2.24, 2.45) is 11.3 Å². The standard InChI is InChI=1S/C27H34O8/c1-13(2)26-10-9-24(5)19(34-26)7-8-25(6)27(24,35-26)12-16-18(33-25)11-17(29)21-20(16)22(32-15(4)28)14(3)31-23(21)30/h11,13-14,19,22,29H,7-10,12H2,1-6H3/t14-,19+,22+,24+,25-,26+,27+/m1/s1. The molecule has 1 aromatic carbocycles. The average molecular weight is 487 g/mol. The second-order valence-corrected chi connectivity index (χ2v) is 11.8. The Bertz CT molecular complexity index is 1140. The number of carbonyl (C=O) groups is 2. The molecule has 7 atom stereocenters. The van der Waals surface area contributed by atoms with Crippen LogP contribution in [0, 0.1) is 11.3 Å².